The van der Waals surface area contributed by atoms with Crippen molar-refractivity contribution in [3.63, 3.8) is 0 Å². The second-order valence-corrected chi connectivity index (χ2v) is 1.50. The second kappa shape index (κ2) is 1.72. The summed E-state index contributed by atoms with van der Waals surface area (Å²) in [6.45, 7) is 0. The van der Waals surface area contributed by atoms with E-state index < -0.39 is 0 Å². The minimum atomic E-state index is 0.535. The van der Waals surface area contributed by atoms with E-state index >= 15 is 0 Å². The molecule has 0 bridgehead atoms. The lowest BCUT2D eigenvalue weighted by Gasteiger charge is -2.04. The smallest absolute Gasteiger partial charge is 0.146 e. The molecule has 42 valence electrons. The zero-order chi connectivity index (χ0) is 5.98. The van der Waals surface area contributed by atoms with E-state index in [0.29, 0.717) is 5.70 Å². The van der Waals surface area contributed by atoms with Gasteiger partial charge in [0, 0.05) is 7.05 Å². The summed E-state index contributed by atoms with van der Waals surface area (Å²) in [4.78, 5) is 0. The van der Waals surface area contributed by atoms with Gasteiger partial charge in [0.05, 0.1) is 6.20 Å². The molecule has 4 heteroatoms. The molecule has 0 fully saturated rings. The van der Waals surface area contributed by atoms with E-state index in [4.69, 9.17) is 5.26 Å². The Morgan fingerprint density at radius 3 is 2.88 bits per heavy atom. The lowest BCUT2D eigenvalue weighted by atomic mass is 10.5. The molecule has 0 aromatic rings. The Kier molecular flexibility index (Phi) is 1.06. The summed E-state index contributed by atoms with van der Waals surface area (Å²) in [6, 6.07) is 1.94. The monoisotopic (exact) mass is 110 g/mol. The second-order valence-electron chi connectivity index (χ2n) is 1.50. The molecule has 4 nitrogen and oxygen atoms in total. The highest BCUT2D eigenvalue weighted by Gasteiger charge is 2.02. The third-order valence-corrected chi connectivity index (χ3v) is 0.810. The molecule has 0 aromatic carbocycles. The Morgan fingerprint density at radius 1 is 1.88 bits per heavy atom. The molecule has 0 saturated carbocycles. The van der Waals surface area contributed by atoms with E-state index in [1.54, 1.807) is 18.3 Å². The van der Waals surface area contributed by atoms with Crippen molar-refractivity contribution in [1.29, 1.82) is 5.26 Å². The molecule has 0 atom stereocenters. The molecule has 0 aliphatic carbocycles. The van der Waals surface area contributed by atoms with Crippen LogP contribution in [0.15, 0.2) is 11.9 Å². The number of nitriles is 1. The zero-order valence-electron chi connectivity index (χ0n) is 4.47. The Labute approximate surface area is 47.3 Å². The van der Waals surface area contributed by atoms with Crippen LogP contribution in [0.5, 0.6) is 0 Å². The van der Waals surface area contributed by atoms with Gasteiger partial charge >= 0.3 is 0 Å². The maximum atomic E-state index is 8.24. The van der Waals surface area contributed by atoms with Gasteiger partial charge in [-0.25, -0.2) is 0 Å². The molecule has 2 N–H and O–H groups in total. The fraction of sp³-hybridized carbons (Fsp3) is 0.250. The number of allylic oxidation sites excluding steroid dienone is 1. The van der Waals surface area contributed by atoms with Gasteiger partial charge in [-0.3, -0.25) is 10.4 Å². The van der Waals surface area contributed by atoms with Crippen LogP contribution in [-0.4, -0.2) is 12.1 Å². The predicted molar refractivity (Wildman–Crippen MR) is 27.7 cm³/mol. The van der Waals surface area contributed by atoms with E-state index in [1.165, 1.54) is 0 Å². The minimum Gasteiger partial charge on any atom is -0.298 e. The molecule has 1 rings (SSSR count). The highest BCUT2D eigenvalue weighted by molar-refractivity contribution is 5.18. The van der Waals surface area contributed by atoms with Crippen LogP contribution in [0.1, 0.15) is 0 Å². The van der Waals surface area contributed by atoms with Crippen molar-refractivity contribution < 1.29 is 0 Å². The highest BCUT2D eigenvalue weighted by atomic mass is 15.7. The average molecular weight is 110 g/mol. The molecule has 0 amide bonds. The van der Waals surface area contributed by atoms with Crippen molar-refractivity contribution in [2.75, 3.05) is 7.05 Å². The van der Waals surface area contributed by atoms with Crippen LogP contribution in [-0.2, 0) is 0 Å². The number of nitrogens with zero attached hydrogens (tertiary/aromatic N) is 2. The van der Waals surface area contributed by atoms with Crippen LogP contribution in [0.25, 0.3) is 0 Å². The van der Waals surface area contributed by atoms with Gasteiger partial charge < -0.3 is 0 Å². The first-order chi connectivity index (χ1) is 3.83. The molecule has 0 saturated heterocycles. The standard InChI is InChI=1S/C4H6N4/c1-8-3-4(2-5)6-7-8/h3,6-7H,1H3. The SMILES string of the molecule is CN1C=C(C#N)NN1. The molecule has 1 heterocycles. The summed E-state index contributed by atoms with van der Waals surface area (Å²) in [5, 5.41) is 9.90. The Bertz CT molecular complexity index is 154. The van der Waals surface area contributed by atoms with Crippen LogP contribution in [0.3, 0.4) is 0 Å². The maximum Gasteiger partial charge on any atom is 0.146 e. The summed E-state index contributed by atoms with van der Waals surface area (Å²) in [6.07, 6.45) is 1.67. The number of nitrogens with one attached hydrogen (secondary N) is 2. The summed E-state index contributed by atoms with van der Waals surface area (Å²) < 4.78 is 0. The molecule has 0 unspecified atom stereocenters. The van der Waals surface area contributed by atoms with Crippen molar-refractivity contribution in [2.45, 2.75) is 0 Å². The topological polar surface area (TPSA) is 51.1 Å². The lowest BCUT2D eigenvalue weighted by molar-refractivity contribution is 0.328. The van der Waals surface area contributed by atoms with E-state index in [9.17, 15) is 0 Å². The molecule has 0 aromatic heterocycles. The minimum absolute atomic E-state index is 0.535. The fourth-order valence-corrected chi connectivity index (χ4v) is 0.463. The van der Waals surface area contributed by atoms with Gasteiger partial charge in [0.25, 0.3) is 0 Å². The van der Waals surface area contributed by atoms with E-state index in [1.807, 2.05) is 6.07 Å². The van der Waals surface area contributed by atoms with Gasteiger partial charge in [0.2, 0.25) is 0 Å². The first kappa shape index (κ1) is 4.94. The summed E-state index contributed by atoms with van der Waals surface area (Å²) >= 11 is 0. The van der Waals surface area contributed by atoms with E-state index in [0.717, 1.165) is 0 Å². The van der Waals surface area contributed by atoms with Crippen molar-refractivity contribution in [3.8, 4) is 6.07 Å². The number of hydrazine groups is 2. The Hall–Kier alpha value is -1.21. The van der Waals surface area contributed by atoms with Crippen LogP contribution in [0.2, 0.25) is 0 Å². The van der Waals surface area contributed by atoms with Crippen LogP contribution >= 0.6 is 0 Å². The number of hydrogen-bond donors (Lipinski definition) is 2. The largest absolute Gasteiger partial charge is 0.298 e. The van der Waals surface area contributed by atoms with Gasteiger partial charge in [0.1, 0.15) is 11.8 Å². The van der Waals surface area contributed by atoms with Crippen molar-refractivity contribution in [3.05, 3.63) is 11.9 Å². The Balaban J connectivity index is 2.61. The van der Waals surface area contributed by atoms with Crippen LogP contribution in [0.4, 0.5) is 0 Å². The zero-order valence-corrected chi connectivity index (χ0v) is 4.47. The fourth-order valence-electron chi connectivity index (χ4n) is 0.463. The van der Waals surface area contributed by atoms with Crippen molar-refractivity contribution in [1.82, 2.24) is 16.0 Å². The molecular weight excluding hydrogens is 104 g/mol. The first-order valence-corrected chi connectivity index (χ1v) is 2.19. The van der Waals surface area contributed by atoms with Gasteiger partial charge in [0.15, 0.2) is 0 Å². The first-order valence-electron chi connectivity index (χ1n) is 2.19. The molecule has 1 aliphatic heterocycles. The van der Waals surface area contributed by atoms with E-state index in [2.05, 4.69) is 11.0 Å². The molecular formula is C4H6N4. The molecule has 1 aliphatic rings. The van der Waals surface area contributed by atoms with Gasteiger partial charge in [-0.05, 0) is 0 Å². The van der Waals surface area contributed by atoms with Crippen molar-refractivity contribution >= 4 is 0 Å². The number of hydrogen-bond acceptors (Lipinski definition) is 4. The summed E-state index contributed by atoms with van der Waals surface area (Å²) in [7, 11) is 1.80. The molecule has 0 radical (unpaired) electrons. The average Bonchev–Trinajstić information content (AvgIpc) is 2.14. The summed E-state index contributed by atoms with van der Waals surface area (Å²) in [5.74, 6) is 0. The third-order valence-electron chi connectivity index (χ3n) is 0.810. The maximum absolute atomic E-state index is 8.24. The van der Waals surface area contributed by atoms with Crippen LogP contribution < -0.4 is 11.0 Å². The predicted octanol–water partition coefficient (Wildman–Crippen LogP) is -0.694. The van der Waals surface area contributed by atoms with Crippen molar-refractivity contribution in [2.24, 2.45) is 0 Å². The van der Waals surface area contributed by atoms with Gasteiger partial charge in [-0.2, -0.15) is 5.26 Å². The lowest BCUT2D eigenvalue weighted by Crippen LogP contribution is -2.33. The molecule has 0 spiro atoms. The third kappa shape index (κ3) is 0.718. The van der Waals surface area contributed by atoms with Gasteiger partial charge in [-0.15, -0.1) is 5.53 Å². The molecule has 8 heavy (non-hydrogen) atoms. The quantitative estimate of drug-likeness (QED) is 0.433. The van der Waals surface area contributed by atoms with Crippen LogP contribution in [0, 0.1) is 11.3 Å². The van der Waals surface area contributed by atoms with E-state index in [-0.39, 0.29) is 0 Å². The number of rotatable bonds is 0. The summed E-state index contributed by atoms with van der Waals surface area (Å²) in [5.41, 5.74) is 5.86. The Morgan fingerprint density at radius 2 is 2.62 bits per heavy atom. The normalized spacial score (nSPS) is 17.0. The van der Waals surface area contributed by atoms with Gasteiger partial charge in [-0.1, -0.05) is 0 Å². The highest BCUT2D eigenvalue weighted by Crippen LogP contribution is 1.91.